The minimum Gasteiger partial charge on any atom is -0.172 e. The van der Waals surface area contributed by atoms with E-state index in [1.807, 2.05) is 45.3 Å². The summed E-state index contributed by atoms with van der Waals surface area (Å²) in [7, 11) is 0. The third-order valence-electron chi connectivity index (χ3n) is 9.76. The summed E-state index contributed by atoms with van der Waals surface area (Å²) in [6.45, 7) is 4.59. The molecule has 1 aromatic carbocycles. The van der Waals surface area contributed by atoms with Crippen molar-refractivity contribution in [2.75, 3.05) is 0 Å². The van der Waals surface area contributed by atoms with Crippen LogP contribution < -0.4 is 0 Å². The fourth-order valence-electron chi connectivity index (χ4n) is 6.95. The van der Waals surface area contributed by atoms with Crippen LogP contribution in [0.5, 0.6) is 0 Å². The van der Waals surface area contributed by atoms with Gasteiger partial charge in [-0.25, -0.2) is 0 Å². The standard InChI is InChI=1S/C42H50Br2N2S5/c1-3-5-7-9-11-13-15-17-19-29-27-35(49-41(29)33-23-25-37(43)47-33)31-21-22-32(40-39(31)45-51-46-40)36-28-30(20-18-16-14-12-10-8-6-4-2)42(50-36)34-24-26-38(44)48-34/h21-28H,3-20H2,1-2H3. The number of aromatic nitrogens is 2. The van der Waals surface area contributed by atoms with Crippen molar-refractivity contribution < 1.29 is 0 Å². The van der Waals surface area contributed by atoms with Crippen LogP contribution in [0.2, 0.25) is 0 Å². The maximum absolute atomic E-state index is 4.93. The Kier molecular flexibility index (Phi) is 15.9. The zero-order chi connectivity index (χ0) is 35.4. The monoisotopic (exact) mass is 900 g/mol. The van der Waals surface area contributed by atoms with Crippen LogP contribution in [-0.4, -0.2) is 8.75 Å². The van der Waals surface area contributed by atoms with Crippen LogP contribution >= 0.6 is 88.9 Å². The summed E-state index contributed by atoms with van der Waals surface area (Å²) in [5.74, 6) is 0. The van der Waals surface area contributed by atoms with Gasteiger partial charge in [-0.3, -0.25) is 0 Å². The third-order valence-corrected chi connectivity index (χ3v) is 16.3. The zero-order valence-electron chi connectivity index (χ0n) is 30.0. The van der Waals surface area contributed by atoms with Gasteiger partial charge in [0.25, 0.3) is 0 Å². The molecule has 0 unspecified atom stereocenters. The van der Waals surface area contributed by atoms with Gasteiger partial charge in [-0.05, 0) is 105 Å². The molecule has 0 radical (unpaired) electrons. The van der Waals surface area contributed by atoms with Crippen molar-refractivity contribution >= 4 is 100.0 Å². The van der Waals surface area contributed by atoms with Crippen molar-refractivity contribution in [1.29, 1.82) is 0 Å². The summed E-state index contributed by atoms with van der Waals surface area (Å²) < 4.78 is 12.2. The number of unbranched alkanes of at least 4 members (excludes halogenated alkanes) is 14. The average Bonchev–Trinajstić information content (AvgIpc) is 3.98. The van der Waals surface area contributed by atoms with E-state index in [0.29, 0.717) is 0 Å². The van der Waals surface area contributed by atoms with Crippen LogP contribution in [0.3, 0.4) is 0 Å². The third kappa shape index (κ3) is 10.7. The van der Waals surface area contributed by atoms with Gasteiger partial charge in [-0.1, -0.05) is 116 Å². The lowest BCUT2D eigenvalue weighted by atomic mass is 10.0. The molecule has 5 aromatic heterocycles. The molecule has 9 heteroatoms. The lowest BCUT2D eigenvalue weighted by Gasteiger charge is -2.04. The van der Waals surface area contributed by atoms with Crippen LogP contribution in [0.4, 0.5) is 0 Å². The Balaban J connectivity index is 1.23. The Morgan fingerprint density at radius 1 is 0.451 bits per heavy atom. The highest BCUT2D eigenvalue weighted by atomic mass is 79.9. The second kappa shape index (κ2) is 20.5. The van der Waals surface area contributed by atoms with Gasteiger partial charge in [-0.15, -0.1) is 45.3 Å². The summed E-state index contributed by atoms with van der Waals surface area (Å²) in [4.78, 5) is 8.15. The lowest BCUT2D eigenvalue weighted by Crippen LogP contribution is -1.87. The van der Waals surface area contributed by atoms with Gasteiger partial charge in [0.2, 0.25) is 0 Å². The normalized spacial score (nSPS) is 11.8. The van der Waals surface area contributed by atoms with E-state index in [1.54, 1.807) is 0 Å². The van der Waals surface area contributed by atoms with E-state index in [0.717, 1.165) is 23.9 Å². The summed E-state index contributed by atoms with van der Waals surface area (Å²) in [5, 5.41) is 0. The first-order valence-corrected chi connectivity index (χ1v) is 24.7. The Bertz CT molecular complexity index is 1810. The molecule has 0 spiro atoms. The van der Waals surface area contributed by atoms with Gasteiger partial charge in [0.05, 0.1) is 19.3 Å². The SMILES string of the molecule is CCCCCCCCCCc1cc(-c2ccc(-c3cc(CCCCCCCCCC)c(-c4ccc(Br)s4)s3)c3nsnc23)sc1-c1ccc(Br)s1. The van der Waals surface area contributed by atoms with Crippen LogP contribution in [0.1, 0.15) is 128 Å². The largest absolute Gasteiger partial charge is 0.172 e. The van der Waals surface area contributed by atoms with Crippen LogP contribution in [0, 0.1) is 0 Å². The molecule has 272 valence electrons. The minimum atomic E-state index is 1.04. The molecule has 0 saturated heterocycles. The molecule has 5 heterocycles. The molecule has 0 fully saturated rings. The van der Waals surface area contributed by atoms with Crippen molar-refractivity contribution in [1.82, 2.24) is 8.75 Å². The molecule has 0 aliphatic carbocycles. The Labute approximate surface area is 342 Å². The van der Waals surface area contributed by atoms with E-state index in [9.17, 15) is 0 Å². The van der Waals surface area contributed by atoms with Gasteiger partial charge in [-0.2, -0.15) is 8.75 Å². The minimum absolute atomic E-state index is 1.04. The van der Waals surface area contributed by atoms with Crippen molar-refractivity contribution in [3.63, 3.8) is 0 Å². The molecule has 0 N–H and O–H groups in total. The fourth-order valence-corrected chi connectivity index (χ4v) is 13.1. The highest BCUT2D eigenvalue weighted by Crippen LogP contribution is 2.47. The van der Waals surface area contributed by atoms with E-state index in [-0.39, 0.29) is 0 Å². The van der Waals surface area contributed by atoms with E-state index < -0.39 is 0 Å². The Morgan fingerprint density at radius 3 is 1.22 bits per heavy atom. The highest BCUT2D eigenvalue weighted by molar-refractivity contribution is 9.11. The van der Waals surface area contributed by atoms with Gasteiger partial charge >= 0.3 is 0 Å². The van der Waals surface area contributed by atoms with Crippen molar-refractivity contribution in [2.24, 2.45) is 0 Å². The number of nitrogens with zero attached hydrogens (tertiary/aromatic N) is 2. The van der Waals surface area contributed by atoms with Gasteiger partial charge in [0.1, 0.15) is 11.0 Å². The molecular formula is C42H50Br2N2S5. The Hall–Kier alpha value is -1.20. The van der Waals surface area contributed by atoms with Gasteiger partial charge < -0.3 is 0 Å². The van der Waals surface area contributed by atoms with E-state index >= 15 is 0 Å². The predicted molar refractivity (Wildman–Crippen MR) is 239 cm³/mol. The molecule has 0 aliphatic rings. The summed E-state index contributed by atoms with van der Waals surface area (Å²) >= 11 is 16.3. The fraction of sp³-hybridized carbons (Fsp3) is 0.476. The molecule has 0 amide bonds. The molecule has 0 atom stereocenters. The maximum Gasteiger partial charge on any atom is 0.114 e. The first-order chi connectivity index (χ1) is 25.1. The quantitative estimate of drug-likeness (QED) is 0.0635. The summed E-state index contributed by atoms with van der Waals surface area (Å²) in [5.41, 5.74) is 7.46. The molecule has 0 aliphatic heterocycles. The van der Waals surface area contributed by atoms with Crippen molar-refractivity contribution in [2.45, 2.75) is 129 Å². The van der Waals surface area contributed by atoms with E-state index in [2.05, 4.69) is 94.2 Å². The predicted octanol–water partition coefficient (Wildman–Crippen LogP) is 17.5. The average molecular weight is 903 g/mol. The van der Waals surface area contributed by atoms with E-state index in [1.165, 1.54) is 174 Å². The second-order valence-electron chi connectivity index (χ2n) is 13.7. The molecule has 6 aromatic rings. The number of benzene rings is 1. The number of hydrogen-bond donors (Lipinski definition) is 0. The zero-order valence-corrected chi connectivity index (χ0v) is 37.3. The van der Waals surface area contributed by atoms with Gasteiger partial charge in [0, 0.05) is 40.4 Å². The Morgan fingerprint density at radius 2 is 0.843 bits per heavy atom. The molecule has 0 saturated carbocycles. The number of aryl methyl sites for hydroxylation is 2. The molecular weight excluding hydrogens is 853 g/mol. The highest BCUT2D eigenvalue weighted by Gasteiger charge is 2.21. The van der Waals surface area contributed by atoms with Crippen LogP contribution in [0.25, 0.3) is 51.4 Å². The maximum atomic E-state index is 4.93. The van der Waals surface area contributed by atoms with Gasteiger partial charge in [0.15, 0.2) is 0 Å². The number of thiophene rings is 4. The lowest BCUT2D eigenvalue weighted by molar-refractivity contribution is 0.576. The van der Waals surface area contributed by atoms with Crippen molar-refractivity contribution in [3.05, 3.63) is 67.2 Å². The number of halogens is 2. The number of rotatable bonds is 22. The second-order valence-corrected chi connectivity index (χ2v) is 21.3. The first-order valence-electron chi connectivity index (χ1n) is 19.1. The number of hydrogen-bond acceptors (Lipinski definition) is 7. The smallest absolute Gasteiger partial charge is 0.114 e. The number of fused-ring (bicyclic) bond motifs is 1. The molecule has 2 nitrogen and oxygen atoms in total. The summed E-state index contributed by atoms with van der Waals surface area (Å²) in [6.07, 6.45) is 23.8. The van der Waals surface area contributed by atoms with E-state index in [4.69, 9.17) is 8.75 Å². The topological polar surface area (TPSA) is 25.8 Å². The molecule has 51 heavy (non-hydrogen) atoms. The molecule has 6 rings (SSSR count). The molecule has 0 bridgehead atoms. The van der Waals surface area contributed by atoms with Crippen molar-refractivity contribution in [3.8, 4) is 40.4 Å². The van der Waals surface area contributed by atoms with Crippen LogP contribution in [-0.2, 0) is 12.8 Å². The van der Waals surface area contributed by atoms with Crippen LogP contribution in [0.15, 0.2) is 56.1 Å². The first kappa shape index (κ1) is 39.5. The summed E-state index contributed by atoms with van der Waals surface area (Å²) in [6, 6.07) is 18.5.